The SMILES string of the molecule is CCNC(=NCCCOCCc1ccccc1)N1CCCC1. The van der Waals surface area contributed by atoms with Crippen LogP contribution in [0.15, 0.2) is 35.3 Å². The van der Waals surface area contributed by atoms with E-state index < -0.39 is 0 Å². The minimum Gasteiger partial charge on any atom is -0.381 e. The Bertz CT molecular complexity index is 427. The maximum atomic E-state index is 5.70. The molecule has 0 atom stereocenters. The summed E-state index contributed by atoms with van der Waals surface area (Å²) in [5.74, 6) is 1.07. The van der Waals surface area contributed by atoms with Crippen molar-refractivity contribution in [3.8, 4) is 0 Å². The Balaban J connectivity index is 1.57. The van der Waals surface area contributed by atoms with Crippen LogP contribution >= 0.6 is 0 Å². The molecular formula is C18H29N3O. The molecule has 1 fully saturated rings. The van der Waals surface area contributed by atoms with E-state index in [9.17, 15) is 0 Å². The average Bonchev–Trinajstić information content (AvgIpc) is 3.08. The molecule has 1 aliphatic heterocycles. The number of hydrogen-bond donors (Lipinski definition) is 1. The van der Waals surface area contributed by atoms with Crippen LogP contribution in [-0.4, -0.2) is 50.3 Å². The van der Waals surface area contributed by atoms with Gasteiger partial charge in [-0.15, -0.1) is 0 Å². The topological polar surface area (TPSA) is 36.9 Å². The Morgan fingerprint density at radius 3 is 2.68 bits per heavy atom. The molecule has 0 aromatic heterocycles. The number of guanidine groups is 1. The molecule has 1 N–H and O–H groups in total. The molecule has 1 saturated heterocycles. The summed E-state index contributed by atoms with van der Waals surface area (Å²) in [5, 5.41) is 3.38. The molecule has 0 unspecified atom stereocenters. The van der Waals surface area contributed by atoms with Crippen molar-refractivity contribution in [2.24, 2.45) is 4.99 Å². The standard InChI is InChI=1S/C18H29N3O/c1-2-19-18(21-13-6-7-14-21)20-12-8-15-22-16-11-17-9-4-3-5-10-17/h3-5,9-10H,2,6-8,11-16H2,1H3,(H,19,20). The predicted octanol–water partition coefficient (Wildman–Crippen LogP) is 2.70. The Morgan fingerprint density at radius 2 is 1.95 bits per heavy atom. The van der Waals surface area contributed by atoms with Gasteiger partial charge in [0.05, 0.1) is 6.61 Å². The maximum Gasteiger partial charge on any atom is 0.193 e. The largest absolute Gasteiger partial charge is 0.381 e. The molecule has 4 nitrogen and oxygen atoms in total. The first-order chi connectivity index (χ1) is 10.9. The molecular weight excluding hydrogens is 274 g/mol. The molecule has 22 heavy (non-hydrogen) atoms. The molecule has 0 saturated carbocycles. The van der Waals surface area contributed by atoms with Crippen LogP contribution in [-0.2, 0) is 11.2 Å². The third-order valence-corrected chi connectivity index (χ3v) is 3.83. The fourth-order valence-electron chi connectivity index (χ4n) is 2.64. The zero-order valence-electron chi connectivity index (χ0n) is 13.8. The fraction of sp³-hybridized carbons (Fsp3) is 0.611. The molecule has 1 aliphatic rings. The number of nitrogens with zero attached hydrogens (tertiary/aromatic N) is 2. The van der Waals surface area contributed by atoms with Gasteiger partial charge in [-0.2, -0.15) is 0 Å². The van der Waals surface area contributed by atoms with Gasteiger partial charge in [-0.05, 0) is 38.2 Å². The number of aliphatic imine (C=N–C) groups is 1. The zero-order valence-corrected chi connectivity index (χ0v) is 13.8. The molecule has 1 aromatic carbocycles. The van der Waals surface area contributed by atoms with Crippen LogP contribution in [0.1, 0.15) is 31.7 Å². The summed E-state index contributed by atoms with van der Waals surface area (Å²) in [6.07, 6.45) is 4.54. The molecule has 0 spiro atoms. The van der Waals surface area contributed by atoms with E-state index in [1.165, 1.54) is 18.4 Å². The van der Waals surface area contributed by atoms with Gasteiger partial charge in [0.2, 0.25) is 0 Å². The van der Waals surface area contributed by atoms with Crippen molar-refractivity contribution in [1.82, 2.24) is 10.2 Å². The van der Waals surface area contributed by atoms with Crippen LogP contribution in [0.2, 0.25) is 0 Å². The van der Waals surface area contributed by atoms with Gasteiger partial charge in [0, 0.05) is 32.8 Å². The number of likely N-dealkylation sites (tertiary alicyclic amines) is 1. The van der Waals surface area contributed by atoms with Crippen LogP contribution in [0.25, 0.3) is 0 Å². The lowest BCUT2D eigenvalue weighted by Gasteiger charge is -2.20. The summed E-state index contributed by atoms with van der Waals surface area (Å²) in [4.78, 5) is 7.06. The van der Waals surface area contributed by atoms with Crippen molar-refractivity contribution >= 4 is 5.96 Å². The van der Waals surface area contributed by atoms with Gasteiger partial charge < -0.3 is 15.0 Å². The Labute approximate surface area is 134 Å². The lowest BCUT2D eigenvalue weighted by atomic mass is 10.2. The van der Waals surface area contributed by atoms with Crippen molar-refractivity contribution in [3.63, 3.8) is 0 Å². The van der Waals surface area contributed by atoms with E-state index in [0.717, 1.165) is 58.2 Å². The van der Waals surface area contributed by atoms with Gasteiger partial charge in [-0.1, -0.05) is 30.3 Å². The van der Waals surface area contributed by atoms with E-state index >= 15 is 0 Å². The molecule has 0 radical (unpaired) electrons. The second-order valence-electron chi connectivity index (χ2n) is 5.63. The van der Waals surface area contributed by atoms with E-state index in [-0.39, 0.29) is 0 Å². The Morgan fingerprint density at radius 1 is 1.18 bits per heavy atom. The van der Waals surface area contributed by atoms with E-state index in [4.69, 9.17) is 9.73 Å². The third kappa shape index (κ3) is 6.06. The van der Waals surface area contributed by atoms with Crippen molar-refractivity contribution in [3.05, 3.63) is 35.9 Å². The highest BCUT2D eigenvalue weighted by Gasteiger charge is 2.14. The lowest BCUT2D eigenvalue weighted by molar-refractivity contribution is 0.136. The number of nitrogens with one attached hydrogen (secondary N) is 1. The maximum absolute atomic E-state index is 5.70. The average molecular weight is 303 g/mol. The van der Waals surface area contributed by atoms with Crippen molar-refractivity contribution < 1.29 is 4.74 Å². The van der Waals surface area contributed by atoms with Gasteiger partial charge in [-0.3, -0.25) is 4.99 Å². The predicted molar refractivity (Wildman–Crippen MR) is 92.4 cm³/mol. The molecule has 1 heterocycles. The molecule has 0 bridgehead atoms. The molecule has 0 amide bonds. The highest BCUT2D eigenvalue weighted by molar-refractivity contribution is 5.80. The number of ether oxygens (including phenoxy) is 1. The van der Waals surface area contributed by atoms with E-state index in [2.05, 4.69) is 41.4 Å². The van der Waals surface area contributed by atoms with Crippen molar-refractivity contribution in [1.29, 1.82) is 0 Å². The van der Waals surface area contributed by atoms with Gasteiger partial charge in [0.25, 0.3) is 0 Å². The second-order valence-corrected chi connectivity index (χ2v) is 5.63. The third-order valence-electron chi connectivity index (χ3n) is 3.83. The number of rotatable bonds is 8. The Kier molecular flexibility index (Phi) is 7.81. The number of benzene rings is 1. The quantitative estimate of drug-likeness (QED) is 0.456. The minimum absolute atomic E-state index is 0.787. The van der Waals surface area contributed by atoms with Crippen LogP contribution < -0.4 is 5.32 Å². The van der Waals surface area contributed by atoms with E-state index in [0.29, 0.717) is 0 Å². The van der Waals surface area contributed by atoms with Gasteiger partial charge in [-0.25, -0.2) is 0 Å². The summed E-state index contributed by atoms with van der Waals surface area (Å²) in [7, 11) is 0. The molecule has 2 rings (SSSR count). The molecule has 1 aromatic rings. The van der Waals surface area contributed by atoms with Crippen LogP contribution in [0, 0.1) is 0 Å². The smallest absolute Gasteiger partial charge is 0.193 e. The van der Waals surface area contributed by atoms with Crippen molar-refractivity contribution in [2.75, 3.05) is 39.4 Å². The summed E-state index contributed by atoms with van der Waals surface area (Å²) < 4.78 is 5.70. The highest BCUT2D eigenvalue weighted by atomic mass is 16.5. The number of hydrogen-bond acceptors (Lipinski definition) is 2. The minimum atomic E-state index is 0.787. The van der Waals surface area contributed by atoms with Crippen LogP contribution in [0.3, 0.4) is 0 Å². The summed E-state index contributed by atoms with van der Waals surface area (Å²) >= 11 is 0. The fourth-order valence-corrected chi connectivity index (χ4v) is 2.64. The zero-order chi connectivity index (χ0) is 15.5. The molecule has 0 aliphatic carbocycles. The molecule has 122 valence electrons. The van der Waals surface area contributed by atoms with Gasteiger partial charge in [0.1, 0.15) is 0 Å². The summed E-state index contributed by atoms with van der Waals surface area (Å²) in [5.41, 5.74) is 1.34. The lowest BCUT2D eigenvalue weighted by Crippen LogP contribution is -2.39. The summed E-state index contributed by atoms with van der Waals surface area (Å²) in [6, 6.07) is 10.5. The van der Waals surface area contributed by atoms with Crippen LogP contribution in [0.4, 0.5) is 0 Å². The monoisotopic (exact) mass is 303 g/mol. The normalized spacial score (nSPS) is 15.3. The first kappa shape index (κ1) is 16.8. The van der Waals surface area contributed by atoms with Gasteiger partial charge >= 0.3 is 0 Å². The first-order valence-corrected chi connectivity index (χ1v) is 8.55. The molecule has 4 heteroatoms. The summed E-state index contributed by atoms with van der Waals surface area (Å²) in [6.45, 7) is 7.75. The van der Waals surface area contributed by atoms with Gasteiger partial charge in [0.15, 0.2) is 5.96 Å². The highest BCUT2D eigenvalue weighted by Crippen LogP contribution is 2.07. The van der Waals surface area contributed by atoms with E-state index in [1.54, 1.807) is 0 Å². The second kappa shape index (κ2) is 10.2. The van der Waals surface area contributed by atoms with Crippen LogP contribution in [0.5, 0.6) is 0 Å². The Hall–Kier alpha value is -1.55. The van der Waals surface area contributed by atoms with E-state index in [1.807, 2.05) is 6.07 Å². The van der Waals surface area contributed by atoms with Crippen molar-refractivity contribution in [2.45, 2.75) is 32.6 Å². The first-order valence-electron chi connectivity index (χ1n) is 8.55.